The predicted molar refractivity (Wildman–Crippen MR) is 126 cm³/mol. The molecule has 1 aromatic heterocycles. The van der Waals surface area contributed by atoms with Crippen molar-refractivity contribution < 1.29 is 31.5 Å². The maximum Gasteiger partial charge on any atom is 0.416 e. The third-order valence-corrected chi connectivity index (χ3v) is 5.91. The molecule has 6 nitrogen and oxygen atoms in total. The van der Waals surface area contributed by atoms with E-state index in [-0.39, 0.29) is 44.5 Å². The van der Waals surface area contributed by atoms with E-state index in [4.69, 9.17) is 17.3 Å². The van der Waals surface area contributed by atoms with E-state index in [1.807, 2.05) is 6.07 Å². The van der Waals surface area contributed by atoms with Crippen molar-refractivity contribution in [2.45, 2.75) is 13.1 Å². The summed E-state index contributed by atoms with van der Waals surface area (Å²) in [6, 6.07) is 7.28. The molecule has 0 saturated heterocycles. The minimum Gasteiger partial charge on any atom is -0.397 e. The number of hydrogen-bond donors (Lipinski definition) is 3. The van der Waals surface area contributed by atoms with Gasteiger partial charge in [0.25, 0.3) is 5.91 Å². The van der Waals surface area contributed by atoms with Crippen LogP contribution in [0.1, 0.15) is 43.1 Å². The van der Waals surface area contributed by atoms with Crippen molar-refractivity contribution in [1.29, 1.82) is 5.26 Å². The number of anilines is 2. The van der Waals surface area contributed by atoms with Crippen LogP contribution >= 0.6 is 11.6 Å². The second-order valence-corrected chi connectivity index (χ2v) is 8.41. The number of H-pyrrole nitrogens is 1. The van der Waals surface area contributed by atoms with Crippen LogP contribution in [0.5, 0.6) is 0 Å². The van der Waals surface area contributed by atoms with E-state index in [1.54, 1.807) is 6.92 Å². The van der Waals surface area contributed by atoms with E-state index in [0.717, 1.165) is 18.2 Å². The maximum atomic E-state index is 13.9. The zero-order chi connectivity index (χ0) is 27.2. The molecule has 4 rings (SSSR count). The zero-order valence-corrected chi connectivity index (χ0v) is 19.4. The SMILES string of the molecule is Cc1[nH]c2c(C#N)c(C(=O)c3cc(F)ccc3Cl)c(NC(=O)c3cc(F)cc(C(F)(F)F)c3)cc2c1N. The van der Waals surface area contributed by atoms with Crippen LogP contribution in [0.3, 0.4) is 0 Å². The molecule has 4 N–H and O–H groups in total. The van der Waals surface area contributed by atoms with E-state index in [1.165, 1.54) is 6.07 Å². The van der Waals surface area contributed by atoms with Gasteiger partial charge in [0.2, 0.25) is 0 Å². The summed E-state index contributed by atoms with van der Waals surface area (Å²) in [7, 11) is 0. The van der Waals surface area contributed by atoms with E-state index < -0.39 is 46.2 Å². The summed E-state index contributed by atoms with van der Waals surface area (Å²) in [6.07, 6.45) is -4.93. The van der Waals surface area contributed by atoms with Gasteiger partial charge in [0.05, 0.1) is 38.6 Å². The Kier molecular flexibility index (Phi) is 6.39. The summed E-state index contributed by atoms with van der Waals surface area (Å²) in [5.41, 5.74) is 3.31. The highest BCUT2D eigenvalue weighted by Crippen LogP contribution is 2.37. The number of benzene rings is 3. The number of rotatable bonds is 4. The van der Waals surface area contributed by atoms with E-state index in [2.05, 4.69) is 10.3 Å². The first kappa shape index (κ1) is 25.7. The van der Waals surface area contributed by atoms with Gasteiger partial charge in [-0.1, -0.05) is 11.6 Å². The van der Waals surface area contributed by atoms with Crippen molar-refractivity contribution >= 4 is 45.6 Å². The quantitative estimate of drug-likeness (QED) is 0.209. The smallest absolute Gasteiger partial charge is 0.397 e. The fraction of sp³-hybridized carbons (Fsp3) is 0.0800. The Bertz CT molecular complexity index is 1650. The number of hydrogen-bond acceptors (Lipinski definition) is 4. The predicted octanol–water partition coefficient (Wildman–Crippen LogP) is 6.36. The van der Waals surface area contributed by atoms with Gasteiger partial charge in [-0.15, -0.1) is 0 Å². The number of nitriles is 1. The maximum absolute atomic E-state index is 13.9. The van der Waals surface area contributed by atoms with Gasteiger partial charge < -0.3 is 16.0 Å². The average molecular weight is 533 g/mol. The topological polar surface area (TPSA) is 112 Å². The molecule has 0 saturated carbocycles. The number of nitrogen functional groups attached to an aromatic ring is 1. The van der Waals surface area contributed by atoms with Crippen LogP contribution in [0.15, 0.2) is 42.5 Å². The molecule has 1 amide bonds. The third kappa shape index (κ3) is 4.71. The lowest BCUT2D eigenvalue weighted by Crippen LogP contribution is -2.18. The Hall–Kier alpha value is -4.43. The second kappa shape index (κ2) is 9.22. The van der Waals surface area contributed by atoms with Gasteiger partial charge in [0.1, 0.15) is 17.7 Å². The van der Waals surface area contributed by atoms with Gasteiger partial charge in [-0.05, 0) is 49.4 Å². The minimum atomic E-state index is -4.93. The molecule has 0 atom stereocenters. The molecule has 1 heterocycles. The van der Waals surface area contributed by atoms with Crippen molar-refractivity contribution in [2.75, 3.05) is 11.1 Å². The normalized spacial score (nSPS) is 11.4. The molecule has 37 heavy (non-hydrogen) atoms. The van der Waals surface area contributed by atoms with Crippen LogP contribution < -0.4 is 11.1 Å². The van der Waals surface area contributed by atoms with Crippen molar-refractivity contribution in [3.05, 3.63) is 92.6 Å². The molecular weight excluding hydrogens is 519 g/mol. The highest BCUT2D eigenvalue weighted by Gasteiger charge is 2.32. The van der Waals surface area contributed by atoms with Gasteiger partial charge >= 0.3 is 6.18 Å². The lowest BCUT2D eigenvalue weighted by atomic mass is 9.94. The largest absolute Gasteiger partial charge is 0.416 e. The van der Waals surface area contributed by atoms with Crippen molar-refractivity contribution in [3.63, 3.8) is 0 Å². The summed E-state index contributed by atoms with van der Waals surface area (Å²) in [4.78, 5) is 29.3. The van der Waals surface area contributed by atoms with Crippen LogP contribution in [0.25, 0.3) is 10.9 Å². The number of nitrogens with zero attached hydrogens (tertiary/aromatic N) is 1. The Morgan fingerprint density at radius 2 is 1.78 bits per heavy atom. The average Bonchev–Trinajstić information content (AvgIpc) is 3.11. The number of nitrogens with two attached hydrogens (primary N) is 1. The highest BCUT2D eigenvalue weighted by atomic mass is 35.5. The standard InChI is InChI=1S/C25H14ClF5N4O2/c1-10-21(33)16-8-19(35-24(37)11-4-12(25(29,30)31)6-14(28)5-11)20(17(9-32)22(16)34-10)23(36)15-7-13(27)2-3-18(15)26/h2-8,34H,33H2,1H3,(H,35,37). The number of alkyl halides is 3. The number of fused-ring (bicyclic) bond motifs is 1. The number of ketones is 1. The fourth-order valence-corrected chi connectivity index (χ4v) is 4.02. The Labute approximate surface area is 210 Å². The third-order valence-electron chi connectivity index (χ3n) is 5.58. The van der Waals surface area contributed by atoms with Gasteiger partial charge in [0, 0.05) is 22.2 Å². The number of carbonyl (C=O) groups is 2. The molecule has 12 heteroatoms. The molecule has 188 valence electrons. The summed E-state index contributed by atoms with van der Waals surface area (Å²) in [5, 5.41) is 12.3. The molecule has 0 unspecified atom stereocenters. The molecule has 0 aliphatic heterocycles. The molecule has 0 aliphatic carbocycles. The number of aromatic nitrogens is 1. The highest BCUT2D eigenvalue weighted by molar-refractivity contribution is 6.35. The summed E-state index contributed by atoms with van der Waals surface area (Å²) < 4.78 is 67.3. The van der Waals surface area contributed by atoms with E-state index in [9.17, 15) is 36.8 Å². The first-order valence-electron chi connectivity index (χ1n) is 10.4. The number of aromatic amines is 1. The van der Waals surface area contributed by atoms with Crippen LogP contribution in [0.2, 0.25) is 5.02 Å². The molecule has 0 spiro atoms. The lowest BCUT2D eigenvalue weighted by molar-refractivity contribution is -0.137. The first-order valence-corrected chi connectivity index (χ1v) is 10.7. The molecule has 3 aromatic carbocycles. The second-order valence-electron chi connectivity index (χ2n) is 8.01. The summed E-state index contributed by atoms with van der Waals surface area (Å²) in [5.74, 6) is -4.29. The molecule has 0 bridgehead atoms. The molecule has 4 aromatic rings. The summed E-state index contributed by atoms with van der Waals surface area (Å²) in [6.45, 7) is 1.59. The molecule has 0 fully saturated rings. The van der Waals surface area contributed by atoms with Crippen LogP contribution in [0, 0.1) is 29.9 Å². The van der Waals surface area contributed by atoms with E-state index in [0.29, 0.717) is 17.8 Å². The Balaban J connectivity index is 1.94. The van der Waals surface area contributed by atoms with Crippen LogP contribution in [0.4, 0.5) is 33.3 Å². The number of halogens is 6. The summed E-state index contributed by atoms with van der Waals surface area (Å²) >= 11 is 6.08. The van der Waals surface area contributed by atoms with Gasteiger partial charge in [0.15, 0.2) is 5.78 Å². The fourth-order valence-electron chi connectivity index (χ4n) is 3.81. The Morgan fingerprint density at radius 3 is 2.43 bits per heavy atom. The van der Waals surface area contributed by atoms with Crippen molar-refractivity contribution in [3.8, 4) is 6.07 Å². The van der Waals surface area contributed by atoms with Gasteiger partial charge in [-0.3, -0.25) is 9.59 Å². The number of carbonyl (C=O) groups excluding carboxylic acids is 2. The van der Waals surface area contributed by atoms with Crippen LogP contribution in [-0.4, -0.2) is 16.7 Å². The molecule has 0 aliphatic rings. The molecule has 0 radical (unpaired) electrons. The van der Waals surface area contributed by atoms with Crippen molar-refractivity contribution in [1.82, 2.24) is 4.98 Å². The van der Waals surface area contributed by atoms with Crippen molar-refractivity contribution in [2.24, 2.45) is 0 Å². The van der Waals surface area contributed by atoms with Gasteiger partial charge in [-0.2, -0.15) is 18.4 Å². The Morgan fingerprint density at radius 1 is 1.08 bits per heavy atom. The number of aryl methyl sites for hydroxylation is 1. The number of amides is 1. The minimum absolute atomic E-state index is 0.136. The zero-order valence-electron chi connectivity index (χ0n) is 18.7. The van der Waals surface area contributed by atoms with Crippen LogP contribution in [-0.2, 0) is 6.18 Å². The lowest BCUT2D eigenvalue weighted by Gasteiger charge is -2.15. The molecular formula is C25H14ClF5N4O2. The number of nitrogens with one attached hydrogen (secondary N) is 2. The van der Waals surface area contributed by atoms with Gasteiger partial charge in [-0.25, -0.2) is 8.78 Å². The van der Waals surface area contributed by atoms with E-state index >= 15 is 0 Å². The monoisotopic (exact) mass is 532 g/mol. The first-order chi connectivity index (χ1) is 17.3.